The van der Waals surface area contributed by atoms with Gasteiger partial charge >= 0.3 is 0 Å². The Morgan fingerprint density at radius 3 is 2.18 bits per heavy atom. The van der Waals surface area contributed by atoms with Gasteiger partial charge in [-0.05, 0) is 25.8 Å². The van der Waals surface area contributed by atoms with Gasteiger partial charge in [0.2, 0.25) is 0 Å². The fourth-order valence-corrected chi connectivity index (χ4v) is 0.696. The summed E-state index contributed by atoms with van der Waals surface area (Å²) >= 11 is 0. The molecule has 1 nitrogen and oxygen atoms in total. The molecule has 0 aliphatic rings. The van der Waals surface area contributed by atoms with Crippen molar-refractivity contribution in [2.24, 2.45) is 0 Å². The van der Waals surface area contributed by atoms with Crippen molar-refractivity contribution in [1.29, 1.82) is 0 Å². The van der Waals surface area contributed by atoms with Crippen molar-refractivity contribution in [3.8, 4) is 0 Å². The van der Waals surface area contributed by atoms with Crippen LogP contribution in [0.3, 0.4) is 0 Å². The maximum Gasteiger partial charge on any atom is 0.0820 e. The minimum Gasteiger partial charge on any atom is -0.515 e. The molecule has 0 aliphatic carbocycles. The van der Waals surface area contributed by atoms with Crippen LogP contribution in [0, 0.1) is 0 Å². The van der Waals surface area contributed by atoms with Crippen molar-refractivity contribution in [2.45, 2.75) is 27.2 Å². The average Bonchev–Trinajstić information content (AvgIpc) is 2.01. The lowest BCUT2D eigenvalue weighted by Crippen LogP contribution is -1.70. The van der Waals surface area contributed by atoms with Crippen molar-refractivity contribution in [1.82, 2.24) is 0 Å². The first-order chi connectivity index (χ1) is 5.20. The van der Waals surface area contributed by atoms with Gasteiger partial charge in [0, 0.05) is 0 Å². The lowest BCUT2D eigenvalue weighted by atomic mass is 10.2. The lowest BCUT2D eigenvalue weighted by molar-refractivity contribution is 0.469. The van der Waals surface area contributed by atoms with Crippen molar-refractivity contribution in [3.63, 3.8) is 0 Å². The Kier molecular flexibility index (Phi) is 5.26. The Labute approximate surface area is 68.7 Å². The van der Waals surface area contributed by atoms with Crippen LogP contribution in [0.15, 0.2) is 35.6 Å². The van der Waals surface area contributed by atoms with Gasteiger partial charge in [-0.15, -0.1) is 0 Å². The molecule has 0 saturated carbocycles. The fraction of sp³-hybridized carbons (Fsp3) is 0.400. The second-order valence-corrected chi connectivity index (χ2v) is 2.56. The zero-order valence-electron chi connectivity index (χ0n) is 7.46. The van der Waals surface area contributed by atoms with E-state index in [1.807, 2.05) is 26.0 Å². The third-order valence-corrected chi connectivity index (χ3v) is 1.34. The summed E-state index contributed by atoms with van der Waals surface area (Å²) in [6.07, 6.45) is 8.18. The second-order valence-electron chi connectivity index (χ2n) is 2.56. The van der Waals surface area contributed by atoms with E-state index in [1.165, 1.54) is 5.57 Å². The first-order valence-corrected chi connectivity index (χ1v) is 3.86. The van der Waals surface area contributed by atoms with Crippen LogP contribution >= 0.6 is 0 Å². The quantitative estimate of drug-likeness (QED) is 0.485. The molecule has 0 radical (unpaired) electrons. The van der Waals surface area contributed by atoms with Gasteiger partial charge in [0.15, 0.2) is 0 Å². The maximum atomic E-state index is 8.54. The molecule has 1 heteroatoms. The van der Waals surface area contributed by atoms with Crippen LogP contribution in [0.4, 0.5) is 0 Å². The summed E-state index contributed by atoms with van der Waals surface area (Å²) in [5.41, 5.74) is 2.10. The highest BCUT2D eigenvalue weighted by Crippen LogP contribution is 2.00. The molecule has 0 spiro atoms. The Balaban J connectivity index is 4.03. The summed E-state index contributed by atoms with van der Waals surface area (Å²) in [7, 11) is 0. The Morgan fingerprint density at radius 1 is 1.18 bits per heavy atom. The molecule has 0 saturated heterocycles. The zero-order valence-corrected chi connectivity index (χ0v) is 7.46. The lowest BCUT2D eigenvalue weighted by Gasteiger charge is -1.90. The van der Waals surface area contributed by atoms with E-state index >= 15 is 0 Å². The second kappa shape index (κ2) is 5.78. The molecule has 0 atom stereocenters. The number of allylic oxidation sites excluding steroid dienone is 5. The third-order valence-electron chi connectivity index (χ3n) is 1.34. The molecule has 0 aliphatic heterocycles. The molecule has 1 N–H and O–H groups in total. The van der Waals surface area contributed by atoms with E-state index < -0.39 is 0 Å². The highest BCUT2D eigenvalue weighted by molar-refractivity contribution is 5.24. The predicted octanol–water partition coefficient (Wildman–Crippen LogP) is 3.36. The van der Waals surface area contributed by atoms with Crippen molar-refractivity contribution >= 4 is 0 Å². The summed E-state index contributed by atoms with van der Waals surface area (Å²) in [5, 5.41) is 8.54. The predicted molar refractivity (Wildman–Crippen MR) is 49.6 cm³/mol. The van der Waals surface area contributed by atoms with Gasteiger partial charge in [-0.3, -0.25) is 0 Å². The summed E-state index contributed by atoms with van der Waals surface area (Å²) in [4.78, 5) is 0. The third kappa shape index (κ3) is 5.46. The molecule has 0 amide bonds. The summed E-state index contributed by atoms with van der Waals surface area (Å²) in [6.45, 7) is 6.01. The van der Waals surface area contributed by atoms with E-state index in [-0.39, 0.29) is 0 Å². The molecular weight excluding hydrogens is 136 g/mol. The van der Waals surface area contributed by atoms with Crippen molar-refractivity contribution < 1.29 is 5.11 Å². The molecule has 0 aromatic heterocycles. The average molecular weight is 152 g/mol. The zero-order chi connectivity index (χ0) is 8.69. The van der Waals surface area contributed by atoms with Crippen LogP contribution in [0.2, 0.25) is 0 Å². The highest BCUT2D eigenvalue weighted by Gasteiger charge is 1.81. The summed E-state index contributed by atoms with van der Waals surface area (Å²) < 4.78 is 0. The number of rotatable bonds is 3. The summed E-state index contributed by atoms with van der Waals surface area (Å²) in [6, 6.07) is 0. The van der Waals surface area contributed by atoms with Gasteiger partial charge in [0.05, 0.1) is 6.26 Å². The molecule has 62 valence electrons. The van der Waals surface area contributed by atoms with E-state index in [9.17, 15) is 0 Å². The SMILES string of the molecule is CC\C=C(C)/C=C\C(C)=C\O. The van der Waals surface area contributed by atoms with Crippen LogP contribution in [0.25, 0.3) is 0 Å². The monoisotopic (exact) mass is 152 g/mol. The first kappa shape index (κ1) is 10.0. The number of aliphatic hydroxyl groups is 1. The maximum absolute atomic E-state index is 8.54. The standard InChI is InChI=1S/C10H16O/c1-4-5-9(2)6-7-10(3)8-11/h5-8,11H,4H2,1-3H3/b7-6-,9-5-,10-8+. The van der Waals surface area contributed by atoms with E-state index in [4.69, 9.17) is 5.11 Å². The molecule has 0 bridgehead atoms. The largest absolute Gasteiger partial charge is 0.515 e. The molecule has 0 rings (SSSR count). The number of hydrogen-bond donors (Lipinski definition) is 1. The normalized spacial score (nSPS) is 14.5. The Bertz CT molecular complexity index is 185. The van der Waals surface area contributed by atoms with Crippen molar-refractivity contribution in [3.05, 3.63) is 35.6 Å². The van der Waals surface area contributed by atoms with Crippen LogP contribution < -0.4 is 0 Å². The van der Waals surface area contributed by atoms with Gasteiger partial charge < -0.3 is 5.11 Å². The fourth-order valence-electron chi connectivity index (χ4n) is 0.696. The molecule has 0 unspecified atom stereocenters. The number of aliphatic hydroxyl groups excluding tert-OH is 1. The van der Waals surface area contributed by atoms with E-state index in [0.717, 1.165) is 18.3 Å². The van der Waals surface area contributed by atoms with Gasteiger partial charge in [-0.2, -0.15) is 0 Å². The molecule has 11 heavy (non-hydrogen) atoms. The van der Waals surface area contributed by atoms with Crippen molar-refractivity contribution in [2.75, 3.05) is 0 Å². The minimum absolute atomic E-state index is 0.869. The van der Waals surface area contributed by atoms with Crippen LogP contribution in [-0.4, -0.2) is 5.11 Å². The van der Waals surface area contributed by atoms with E-state index in [2.05, 4.69) is 13.0 Å². The first-order valence-electron chi connectivity index (χ1n) is 3.86. The molecule has 0 heterocycles. The van der Waals surface area contributed by atoms with E-state index in [0.29, 0.717) is 0 Å². The summed E-state index contributed by atoms with van der Waals surface area (Å²) in [5.74, 6) is 0. The van der Waals surface area contributed by atoms with Gasteiger partial charge in [-0.25, -0.2) is 0 Å². The Hall–Kier alpha value is -0.980. The molecule has 0 aromatic rings. The van der Waals surface area contributed by atoms with E-state index in [1.54, 1.807) is 0 Å². The smallest absolute Gasteiger partial charge is 0.0820 e. The molecule has 0 fully saturated rings. The van der Waals surface area contributed by atoms with Crippen LogP contribution in [0.1, 0.15) is 27.2 Å². The van der Waals surface area contributed by atoms with Gasteiger partial charge in [0.1, 0.15) is 0 Å². The Morgan fingerprint density at radius 2 is 1.73 bits per heavy atom. The van der Waals surface area contributed by atoms with Gasteiger partial charge in [0.25, 0.3) is 0 Å². The topological polar surface area (TPSA) is 20.2 Å². The molecule has 0 aromatic carbocycles. The number of hydrogen-bond acceptors (Lipinski definition) is 1. The van der Waals surface area contributed by atoms with Gasteiger partial charge in [-0.1, -0.05) is 30.7 Å². The molecular formula is C10H16O. The van der Waals surface area contributed by atoms with Crippen LogP contribution in [0.5, 0.6) is 0 Å². The van der Waals surface area contributed by atoms with Crippen LogP contribution in [-0.2, 0) is 0 Å². The minimum atomic E-state index is 0.869. The highest BCUT2D eigenvalue weighted by atomic mass is 16.2.